The summed E-state index contributed by atoms with van der Waals surface area (Å²) in [6.07, 6.45) is 10.4. The quantitative estimate of drug-likeness (QED) is 0.619. The largest absolute Gasteiger partial charge is 0.350 e. The molecular weight excluding hydrogens is 326 g/mol. The monoisotopic (exact) mass is 351 g/mol. The number of nitrogens with zero attached hydrogens (tertiary/aromatic N) is 3. The van der Waals surface area contributed by atoms with E-state index in [1.165, 1.54) is 18.4 Å². The summed E-state index contributed by atoms with van der Waals surface area (Å²) in [4.78, 5) is 29.1. The van der Waals surface area contributed by atoms with Gasteiger partial charge in [0, 0.05) is 43.2 Å². The SMILES string of the molecule is Cn1cc(C2CCN(C(=O)C3CCCC3)CC2)c2cc(N=C=O)ccc21. The molecule has 0 radical (unpaired) electrons. The van der Waals surface area contributed by atoms with Gasteiger partial charge in [0.2, 0.25) is 12.0 Å². The van der Waals surface area contributed by atoms with Crippen LogP contribution in [0, 0.1) is 5.92 Å². The number of carbonyl (C=O) groups excluding carboxylic acids is 2. The molecule has 26 heavy (non-hydrogen) atoms. The van der Waals surface area contributed by atoms with Gasteiger partial charge >= 0.3 is 0 Å². The summed E-state index contributed by atoms with van der Waals surface area (Å²) < 4.78 is 2.13. The first-order chi connectivity index (χ1) is 12.7. The second kappa shape index (κ2) is 7.08. The number of piperidine rings is 1. The average molecular weight is 351 g/mol. The zero-order valence-corrected chi connectivity index (χ0v) is 15.3. The van der Waals surface area contributed by atoms with Gasteiger partial charge in [-0.1, -0.05) is 12.8 Å². The van der Waals surface area contributed by atoms with Gasteiger partial charge in [-0.05, 0) is 55.4 Å². The van der Waals surface area contributed by atoms with Crippen LogP contribution in [0.4, 0.5) is 5.69 Å². The average Bonchev–Trinajstić information content (AvgIpc) is 3.30. The topological polar surface area (TPSA) is 54.7 Å². The fourth-order valence-electron chi connectivity index (χ4n) is 4.70. The molecule has 1 saturated carbocycles. The van der Waals surface area contributed by atoms with E-state index < -0.39 is 0 Å². The van der Waals surface area contributed by atoms with Gasteiger partial charge < -0.3 is 9.47 Å². The number of hydrogen-bond donors (Lipinski definition) is 0. The van der Waals surface area contributed by atoms with Crippen molar-refractivity contribution in [2.45, 2.75) is 44.4 Å². The van der Waals surface area contributed by atoms with E-state index in [0.717, 1.165) is 49.7 Å². The maximum atomic E-state index is 12.6. The minimum atomic E-state index is 0.271. The number of fused-ring (bicyclic) bond motifs is 1. The van der Waals surface area contributed by atoms with Crippen LogP contribution in [0.2, 0.25) is 0 Å². The Morgan fingerprint density at radius 1 is 1.15 bits per heavy atom. The standard InChI is InChI=1S/C21H25N3O2/c1-23-13-19(18-12-17(22-14-25)6-7-20(18)23)15-8-10-24(11-9-15)21(26)16-4-2-3-5-16/h6-7,12-13,15-16H,2-5,8-11H2,1H3. The van der Waals surface area contributed by atoms with Crippen LogP contribution in [0.5, 0.6) is 0 Å². The lowest BCUT2D eigenvalue weighted by Crippen LogP contribution is -2.40. The van der Waals surface area contributed by atoms with Gasteiger partial charge in [0.25, 0.3) is 0 Å². The van der Waals surface area contributed by atoms with E-state index >= 15 is 0 Å². The Balaban J connectivity index is 1.53. The molecule has 0 atom stereocenters. The second-order valence-electron chi connectivity index (χ2n) is 7.68. The van der Waals surface area contributed by atoms with Gasteiger partial charge in [-0.25, -0.2) is 4.79 Å². The number of rotatable bonds is 3. The fraction of sp³-hybridized carbons (Fsp3) is 0.524. The third-order valence-corrected chi connectivity index (χ3v) is 6.13. The van der Waals surface area contributed by atoms with Crippen molar-refractivity contribution in [3.63, 3.8) is 0 Å². The number of benzene rings is 1. The first kappa shape index (κ1) is 17.0. The van der Waals surface area contributed by atoms with Crippen molar-refractivity contribution >= 4 is 28.6 Å². The Bertz CT molecular complexity index is 865. The lowest BCUT2D eigenvalue weighted by Gasteiger charge is -2.33. The molecule has 0 unspecified atom stereocenters. The minimum absolute atomic E-state index is 0.271. The van der Waals surface area contributed by atoms with E-state index in [0.29, 0.717) is 17.5 Å². The summed E-state index contributed by atoms with van der Waals surface area (Å²) in [5.74, 6) is 1.09. The number of aliphatic imine (C=N–C) groups is 1. The van der Waals surface area contributed by atoms with Gasteiger partial charge in [-0.2, -0.15) is 4.99 Å². The zero-order valence-electron chi connectivity index (χ0n) is 15.3. The van der Waals surface area contributed by atoms with Crippen LogP contribution in [-0.4, -0.2) is 34.5 Å². The van der Waals surface area contributed by atoms with E-state index in [-0.39, 0.29) is 5.92 Å². The lowest BCUT2D eigenvalue weighted by molar-refractivity contribution is -0.136. The predicted octanol–water partition coefficient (Wildman–Crippen LogP) is 4.04. The van der Waals surface area contributed by atoms with Crippen molar-refractivity contribution in [1.29, 1.82) is 0 Å². The normalized spacial score (nSPS) is 19.0. The van der Waals surface area contributed by atoms with E-state index in [1.54, 1.807) is 6.08 Å². The molecule has 2 fully saturated rings. The Morgan fingerprint density at radius 3 is 2.58 bits per heavy atom. The van der Waals surface area contributed by atoms with Crippen molar-refractivity contribution in [3.05, 3.63) is 30.0 Å². The van der Waals surface area contributed by atoms with Gasteiger partial charge in [-0.3, -0.25) is 4.79 Å². The molecule has 136 valence electrons. The zero-order chi connectivity index (χ0) is 18.1. The van der Waals surface area contributed by atoms with Gasteiger partial charge in [0.15, 0.2) is 0 Å². The van der Waals surface area contributed by atoms with Crippen molar-refractivity contribution in [2.24, 2.45) is 18.0 Å². The van der Waals surface area contributed by atoms with Crippen molar-refractivity contribution in [1.82, 2.24) is 9.47 Å². The number of likely N-dealkylation sites (tertiary alicyclic amines) is 1. The minimum Gasteiger partial charge on any atom is -0.350 e. The van der Waals surface area contributed by atoms with Gasteiger partial charge in [-0.15, -0.1) is 0 Å². The molecule has 2 aliphatic rings. The molecule has 5 heteroatoms. The third-order valence-electron chi connectivity index (χ3n) is 6.13. The third kappa shape index (κ3) is 3.08. The van der Waals surface area contributed by atoms with Crippen molar-refractivity contribution < 1.29 is 9.59 Å². The molecule has 1 aliphatic heterocycles. The summed E-state index contributed by atoms with van der Waals surface area (Å²) >= 11 is 0. The lowest BCUT2D eigenvalue weighted by atomic mass is 9.88. The van der Waals surface area contributed by atoms with E-state index in [2.05, 4.69) is 20.7 Å². The number of isocyanates is 1. The van der Waals surface area contributed by atoms with E-state index in [1.807, 2.05) is 25.2 Å². The maximum absolute atomic E-state index is 12.6. The van der Waals surface area contributed by atoms with Crippen LogP contribution in [0.3, 0.4) is 0 Å². The summed E-state index contributed by atoms with van der Waals surface area (Å²) in [5, 5.41) is 1.16. The highest BCUT2D eigenvalue weighted by Crippen LogP contribution is 2.36. The van der Waals surface area contributed by atoms with Crippen LogP contribution in [-0.2, 0) is 16.6 Å². The summed E-state index contributed by atoms with van der Waals surface area (Å²) in [7, 11) is 2.05. The maximum Gasteiger partial charge on any atom is 0.240 e. The highest BCUT2D eigenvalue weighted by molar-refractivity contribution is 5.87. The summed E-state index contributed by atoms with van der Waals surface area (Å²) in [6, 6.07) is 5.83. The van der Waals surface area contributed by atoms with Crippen molar-refractivity contribution in [2.75, 3.05) is 13.1 Å². The summed E-state index contributed by atoms with van der Waals surface area (Å²) in [5.41, 5.74) is 3.10. The number of hydrogen-bond acceptors (Lipinski definition) is 3. The molecule has 5 nitrogen and oxygen atoms in total. The van der Waals surface area contributed by atoms with Crippen LogP contribution in [0.25, 0.3) is 10.9 Å². The van der Waals surface area contributed by atoms with Crippen molar-refractivity contribution in [3.8, 4) is 0 Å². The smallest absolute Gasteiger partial charge is 0.240 e. The second-order valence-corrected chi connectivity index (χ2v) is 7.68. The predicted molar refractivity (Wildman–Crippen MR) is 101 cm³/mol. The molecular formula is C21H25N3O2. The van der Waals surface area contributed by atoms with Gasteiger partial charge in [0.05, 0.1) is 5.69 Å². The molecule has 1 amide bonds. The highest BCUT2D eigenvalue weighted by atomic mass is 16.2. The van der Waals surface area contributed by atoms with E-state index in [9.17, 15) is 9.59 Å². The van der Waals surface area contributed by atoms with Crippen LogP contribution < -0.4 is 0 Å². The molecule has 0 spiro atoms. The summed E-state index contributed by atoms with van der Waals surface area (Å²) in [6.45, 7) is 1.70. The number of aryl methyl sites for hydroxylation is 1. The Hall–Kier alpha value is -2.39. The molecule has 2 aromatic rings. The van der Waals surface area contributed by atoms with Gasteiger partial charge in [0.1, 0.15) is 0 Å². The number of aromatic nitrogens is 1. The first-order valence-corrected chi connectivity index (χ1v) is 9.63. The Morgan fingerprint density at radius 2 is 1.88 bits per heavy atom. The molecule has 1 saturated heterocycles. The molecule has 1 aliphatic carbocycles. The van der Waals surface area contributed by atoms with Crippen LogP contribution in [0.1, 0.15) is 50.0 Å². The molecule has 0 N–H and O–H groups in total. The Labute approximate surface area is 153 Å². The van der Waals surface area contributed by atoms with Crippen LogP contribution in [0.15, 0.2) is 29.4 Å². The molecule has 0 bridgehead atoms. The van der Waals surface area contributed by atoms with E-state index in [4.69, 9.17) is 0 Å². The Kier molecular flexibility index (Phi) is 4.64. The molecule has 1 aromatic heterocycles. The molecule has 1 aromatic carbocycles. The first-order valence-electron chi connectivity index (χ1n) is 9.63. The highest BCUT2D eigenvalue weighted by Gasteiger charge is 2.31. The molecule has 4 rings (SSSR count). The molecule has 2 heterocycles. The van der Waals surface area contributed by atoms with Crippen LogP contribution >= 0.6 is 0 Å². The number of amides is 1. The fourth-order valence-corrected chi connectivity index (χ4v) is 4.70. The number of carbonyl (C=O) groups is 1.